The Morgan fingerprint density at radius 1 is 1.75 bits per heavy atom. The van der Waals surface area contributed by atoms with Crippen molar-refractivity contribution in [3.05, 3.63) is 21.9 Å². The van der Waals surface area contributed by atoms with Crippen LogP contribution in [0.3, 0.4) is 0 Å². The maximum absolute atomic E-state index is 10.8. The van der Waals surface area contributed by atoms with Crippen LogP contribution in [-0.4, -0.2) is 32.2 Å². The lowest BCUT2D eigenvalue weighted by Gasteiger charge is -2.26. The summed E-state index contributed by atoms with van der Waals surface area (Å²) in [5.74, 6) is -1.55. The molecule has 1 atom stereocenters. The van der Waals surface area contributed by atoms with Gasteiger partial charge in [-0.2, -0.15) is 0 Å². The number of carboxylic acid groups (broad SMARTS) is 1. The number of nitrogens with one attached hydrogen (secondary N) is 1. The first kappa shape index (κ1) is 12.1. The summed E-state index contributed by atoms with van der Waals surface area (Å²) in [6.45, 7) is 3.04. The Balaban J connectivity index is 3.21. The molecule has 0 radical (unpaired) electrons. The summed E-state index contributed by atoms with van der Waals surface area (Å²) in [6, 6.07) is -1.25. The number of H-pyrrole nitrogens is 1. The summed E-state index contributed by atoms with van der Waals surface area (Å²) in [6.07, 6.45) is 1.22. The minimum absolute atomic E-state index is 0.174. The van der Waals surface area contributed by atoms with Gasteiger partial charge in [0, 0.05) is 5.41 Å². The molecule has 0 saturated heterocycles. The van der Waals surface area contributed by atoms with Crippen LogP contribution in [0, 0.1) is 10.1 Å². The van der Waals surface area contributed by atoms with Crippen molar-refractivity contribution in [2.75, 3.05) is 0 Å². The quantitative estimate of drug-likeness (QED) is 0.490. The first-order valence-corrected chi connectivity index (χ1v) is 4.45. The molecular weight excluding hydrogens is 216 g/mol. The van der Waals surface area contributed by atoms with Gasteiger partial charge in [-0.3, -0.25) is 4.79 Å². The average Bonchev–Trinajstić information content (AvgIpc) is 2.65. The van der Waals surface area contributed by atoms with E-state index < -0.39 is 22.3 Å². The Bertz CT molecular complexity index is 425. The van der Waals surface area contributed by atoms with E-state index in [-0.39, 0.29) is 11.4 Å². The second-order valence-corrected chi connectivity index (χ2v) is 3.93. The van der Waals surface area contributed by atoms with Gasteiger partial charge in [0.15, 0.2) is 0 Å². The molecule has 16 heavy (non-hydrogen) atoms. The Morgan fingerprint density at radius 2 is 2.31 bits per heavy atom. The van der Waals surface area contributed by atoms with Gasteiger partial charge in [-0.1, -0.05) is 18.9 Å². The zero-order chi connectivity index (χ0) is 12.5. The number of carbonyl (C=O) groups is 1. The first-order chi connectivity index (χ1) is 7.28. The van der Waals surface area contributed by atoms with Crippen LogP contribution in [0.15, 0.2) is 6.20 Å². The molecule has 1 rings (SSSR count). The lowest BCUT2D eigenvalue weighted by Crippen LogP contribution is -2.46. The predicted octanol–water partition coefficient (Wildman–Crippen LogP) is 0.00740. The van der Waals surface area contributed by atoms with Gasteiger partial charge in [0.1, 0.15) is 6.04 Å². The maximum atomic E-state index is 10.8. The van der Waals surface area contributed by atoms with Gasteiger partial charge in [0.25, 0.3) is 0 Å². The van der Waals surface area contributed by atoms with Gasteiger partial charge in [0.05, 0.1) is 11.8 Å². The molecule has 0 amide bonds. The molecule has 0 saturated carbocycles. The third-order valence-electron chi connectivity index (χ3n) is 2.54. The number of nitrogens with zero attached hydrogens (tertiary/aromatic N) is 2. The number of aromatic amines is 1. The van der Waals surface area contributed by atoms with Crippen molar-refractivity contribution < 1.29 is 14.8 Å². The van der Waals surface area contributed by atoms with Crippen LogP contribution in [0.5, 0.6) is 0 Å². The number of aliphatic carboxylic acids is 1. The lowest BCUT2D eigenvalue weighted by atomic mass is 9.79. The minimum atomic E-state index is -1.25. The second kappa shape index (κ2) is 3.89. The van der Waals surface area contributed by atoms with Crippen molar-refractivity contribution in [2.24, 2.45) is 5.73 Å². The van der Waals surface area contributed by atoms with E-state index >= 15 is 0 Å². The molecule has 0 aliphatic rings. The lowest BCUT2D eigenvalue weighted by molar-refractivity contribution is -0.390. The van der Waals surface area contributed by atoms with Crippen LogP contribution in [0.25, 0.3) is 0 Å². The molecule has 0 aliphatic carbocycles. The molecule has 1 unspecified atom stereocenters. The molecule has 1 aromatic rings. The zero-order valence-electron chi connectivity index (χ0n) is 8.80. The number of hydrogen-bond donors (Lipinski definition) is 3. The molecule has 8 nitrogen and oxygen atoms in total. The first-order valence-electron chi connectivity index (χ1n) is 4.45. The summed E-state index contributed by atoms with van der Waals surface area (Å²) in [5.41, 5.74) is 4.58. The van der Waals surface area contributed by atoms with E-state index in [1.165, 1.54) is 20.0 Å². The van der Waals surface area contributed by atoms with Crippen LogP contribution >= 0.6 is 0 Å². The van der Waals surface area contributed by atoms with E-state index in [0.717, 1.165) is 0 Å². The molecule has 0 fully saturated rings. The largest absolute Gasteiger partial charge is 0.480 e. The van der Waals surface area contributed by atoms with Crippen LogP contribution < -0.4 is 5.73 Å². The van der Waals surface area contributed by atoms with Crippen LogP contribution in [-0.2, 0) is 10.2 Å². The topological polar surface area (TPSA) is 135 Å². The molecule has 4 N–H and O–H groups in total. The number of carboxylic acids is 1. The van der Waals surface area contributed by atoms with Crippen molar-refractivity contribution >= 4 is 11.8 Å². The van der Waals surface area contributed by atoms with Crippen molar-refractivity contribution in [3.63, 3.8) is 0 Å². The van der Waals surface area contributed by atoms with Crippen LogP contribution in [0.1, 0.15) is 19.4 Å². The van der Waals surface area contributed by atoms with Gasteiger partial charge in [-0.15, -0.1) is 5.10 Å². The van der Waals surface area contributed by atoms with Crippen LogP contribution in [0.4, 0.5) is 5.82 Å². The number of rotatable bonds is 4. The number of nitro groups is 1. The molecule has 0 aromatic carbocycles. The third-order valence-corrected chi connectivity index (χ3v) is 2.54. The smallest absolute Gasteiger partial charge is 0.346 e. The fourth-order valence-electron chi connectivity index (χ4n) is 1.37. The van der Waals surface area contributed by atoms with Gasteiger partial charge < -0.3 is 21.0 Å². The van der Waals surface area contributed by atoms with E-state index in [1.807, 2.05) is 0 Å². The highest BCUT2D eigenvalue weighted by atomic mass is 16.6. The summed E-state index contributed by atoms with van der Waals surface area (Å²) in [5, 5.41) is 25.2. The normalized spacial score (nSPS) is 13.4. The SMILES string of the molecule is CC(C)(c1cn[nH]c1[N+](=O)[O-])C(N)C(=O)O. The zero-order valence-corrected chi connectivity index (χ0v) is 8.80. The Kier molecular flexibility index (Phi) is 2.95. The van der Waals surface area contributed by atoms with E-state index in [9.17, 15) is 14.9 Å². The molecule has 1 aromatic heterocycles. The van der Waals surface area contributed by atoms with Crippen molar-refractivity contribution in [1.82, 2.24) is 10.2 Å². The van der Waals surface area contributed by atoms with Gasteiger partial charge >= 0.3 is 11.8 Å². The highest BCUT2D eigenvalue weighted by molar-refractivity contribution is 5.76. The van der Waals surface area contributed by atoms with E-state index in [1.54, 1.807) is 0 Å². The van der Waals surface area contributed by atoms with E-state index in [0.29, 0.717) is 0 Å². The fraction of sp³-hybridized carbons (Fsp3) is 0.500. The predicted molar refractivity (Wildman–Crippen MR) is 53.9 cm³/mol. The number of nitrogens with two attached hydrogens (primary N) is 1. The maximum Gasteiger partial charge on any atom is 0.346 e. The van der Waals surface area contributed by atoms with E-state index in [4.69, 9.17) is 10.8 Å². The summed E-state index contributed by atoms with van der Waals surface area (Å²) >= 11 is 0. The highest BCUT2D eigenvalue weighted by Crippen LogP contribution is 2.31. The van der Waals surface area contributed by atoms with Crippen molar-refractivity contribution in [2.45, 2.75) is 25.3 Å². The Labute approximate surface area is 90.6 Å². The molecule has 0 spiro atoms. The molecular formula is C8H12N4O4. The molecule has 8 heteroatoms. The number of aromatic nitrogens is 2. The second-order valence-electron chi connectivity index (χ2n) is 3.93. The van der Waals surface area contributed by atoms with Gasteiger partial charge in [0.2, 0.25) is 0 Å². The van der Waals surface area contributed by atoms with Gasteiger partial charge in [-0.05, 0) is 4.92 Å². The summed E-state index contributed by atoms with van der Waals surface area (Å²) in [7, 11) is 0. The van der Waals surface area contributed by atoms with Crippen molar-refractivity contribution in [1.29, 1.82) is 0 Å². The summed E-state index contributed by atoms with van der Waals surface area (Å²) < 4.78 is 0. The van der Waals surface area contributed by atoms with E-state index in [2.05, 4.69) is 10.2 Å². The molecule has 88 valence electrons. The Hall–Kier alpha value is -1.96. The third kappa shape index (κ3) is 1.87. The number of hydrogen-bond acceptors (Lipinski definition) is 5. The van der Waals surface area contributed by atoms with Crippen molar-refractivity contribution in [3.8, 4) is 0 Å². The van der Waals surface area contributed by atoms with Gasteiger partial charge in [-0.25, -0.2) is 0 Å². The minimum Gasteiger partial charge on any atom is -0.480 e. The highest BCUT2D eigenvalue weighted by Gasteiger charge is 2.39. The fourth-order valence-corrected chi connectivity index (χ4v) is 1.37. The Morgan fingerprint density at radius 3 is 2.75 bits per heavy atom. The average molecular weight is 228 g/mol. The molecule has 1 heterocycles. The summed E-state index contributed by atoms with van der Waals surface area (Å²) in [4.78, 5) is 20.8. The monoisotopic (exact) mass is 228 g/mol. The molecule has 0 aliphatic heterocycles. The van der Waals surface area contributed by atoms with Crippen LogP contribution in [0.2, 0.25) is 0 Å². The molecule has 0 bridgehead atoms. The standard InChI is InChI=1S/C8H12N4O4/c1-8(2,5(9)7(13)14)4-3-10-11-6(4)12(15)16/h3,5H,9H2,1-2H3,(H,10,11)(H,13,14).